The van der Waals surface area contributed by atoms with Gasteiger partial charge < -0.3 is 14.7 Å². The number of aromatic carboxylic acids is 1. The van der Waals surface area contributed by atoms with Crippen LogP contribution in [0.5, 0.6) is 0 Å². The fourth-order valence-electron chi connectivity index (χ4n) is 1.69. The first-order chi connectivity index (χ1) is 8.11. The topological polar surface area (TPSA) is 92.6 Å². The van der Waals surface area contributed by atoms with Gasteiger partial charge in [0, 0.05) is 12.7 Å². The SMILES string of the molecule is COC(=O)N1CCc2cnc(C(=O)O)nc2C1. The highest BCUT2D eigenvalue weighted by Crippen LogP contribution is 2.16. The van der Waals surface area contributed by atoms with Crippen LogP contribution in [0.2, 0.25) is 0 Å². The summed E-state index contributed by atoms with van der Waals surface area (Å²) < 4.78 is 4.61. The largest absolute Gasteiger partial charge is 0.475 e. The van der Waals surface area contributed by atoms with Gasteiger partial charge in [0.25, 0.3) is 0 Å². The number of rotatable bonds is 1. The molecule has 17 heavy (non-hydrogen) atoms. The highest BCUT2D eigenvalue weighted by atomic mass is 16.5. The van der Waals surface area contributed by atoms with Crippen LogP contribution in [0.15, 0.2) is 6.20 Å². The second-order valence-corrected chi connectivity index (χ2v) is 3.61. The smallest absolute Gasteiger partial charge is 0.409 e. The molecule has 0 unspecified atom stereocenters. The molecule has 7 nitrogen and oxygen atoms in total. The summed E-state index contributed by atoms with van der Waals surface area (Å²) in [5.41, 5.74) is 1.43. The molecule has 7 heteroatoms. The van der Waals surface area contributed by atoms with Crippen molar-refractivity contribution in [2.24, 2.45) is 0 Å². The summed E-state index contributed by atoms with van der Waals surface area (Å²) >= 11 is 0. The third-order valence-electron chi connectivity index (χ3n) is 2.57. The zero-order chi connectivity index (χ0) is 12.4. The molecule has 90 valence electrons. The van der Waals surface area contributed by atoms with Crippen molar-refractivity contribution < 1.29 is 19.4 Å². The number of methoxy groups -OCH3 is 1. The van der Waals surface area contributed by atoms with Gasteiger partial charge in [-0.1, -0.05) is 0 Å². The first kappa shape index (κ1) is 11.3. The number of nitrogens with zero attached hydrogens (tertiary/aromatic N) is 3. The second kappa shape index (κ2) is 4.36. The summed E-state index contributed by atoms with van der Waals surface area (Å²) in [7, 11) is 1.31. The minimum atomic E-state index is -1.18. The van der Waals surface area contributed by atoms with Crippen LogP contribution in [0.25, 0.3) is 0 Å². The van der Waals surface area contributed by atoms with Crippen LogP contribution in [-0.2, 0) is 17.7 Å². The molecule has 0 fully saturated rings. The Morgan fingerprint density at radius 1 is 1.53 bits per heavy atom. The van der Waals surface area contributed by atoms with E-state index in [-0.39, 0.29) is 12.4 Å². The number of hydrogen-bond donors (Lipinski definition) is 1. The number of carboxylic acids is 1. The number of aromatic nitrogens is 2. The van der Waals surface area contributed by atoms with E-state index in [0.29, 0.717) is 18.7 Å². The van der Waals surface area contributed by atoms with Crippen molar-refractivity contribution in [2.75, 3.05) is 13.7 Å². The monoisotopic (exact) mass is 237 g/mol. The number of carboxylic acid groups (broad SMARTS) is 1. The van der Waals surface area contributed by atoms with Crippen molar-refractivity contribution in [3.8, 4) is 0 Å². The molecule has 0 spiro atoms. The zero-order valence-electron chi connectivity index (χ0n) is 9.21. The molecule has 2 heterocycles. The predicted octanol–water partition coefficient (Wildman–Crippen LogP) is 0.299. The molecule has 1 aromatic heterocycles. The summed E-state index contributed by atoms with van der Waals surface area (Å²) in [5.74, 6) is -1.43. The van der Waals surface area contributed by atoms with Crippen LogP contribution in [0.4, 0.5) is 4.79 Å². The van der Waals surface area contributed by atoms with E-state index >= 15 is 0 Å². The number of carbonyl (C=O) groups is 2. The van der Waals surface area contributed by atoms with E-state index in [0.717, 1.165) is 5.56 Å². The lowest BCUT2D eigenvalue weighted by Crippen LogP contribution is -2.36. The lowest BCUT2D eigenvalue weighted by Gasteiger charge is -2.26. The van der Waals surface area contributed by atoms with E-state index in [1.54, 1.807) is 0 Å². The summed E-state index contributed by atoms with van der Waals surface area (Å²) in [6.45, 7) is 0.778. The molecule has 1 aromatic rings. The molecule has 2 rings (SSSR count). The minimum Gasteiger partial charge on any atom is -0.475 e. The normalized spacial score (nSPS) is 14.1. The molecule has 0 aliphatic carbocycles. The average Bonchev–Trinajstić information content (AvgIpc) is 2.36. The van der Waals surface area contributed by atoms with Gasteiger partial charge in [0.05, 0.1) is 19.3 Å². The Labute approximate surface area is 97.0 Å². The van der Waals surface area contributed by atoms with E-state index in [1.807, 2.05) is 0 Å². The Balaban J connectivity index is 2.26. The molecule has 1 N–H and O–H groups in total. The highest BCUT2D eigenvalue weighted by molar-refractivity contribution is 5.83. The lowest BCUT2D eigenvalue weighted by molar-refractivity contribution is 0.0682. The number of hydrogen-bond acceptors (Lipinski definition) is 5. The van der Waals surface area contributed by atoms with E-state index < -0.39 is 12.1 Å². The Kier molecular flexibility index (Phi) is 2.90. The molecule has 0 saturated heterocycles. The maximum Gasteiger partial charge on any atom is 0.409 e. The Morgan fingerprint density at radius 3 is 2.94 bits per heavy atom. The lowest BCUT2D eigenvalue weighted by atomic mass is 10.1. The van der Waals surface area contributed by atoms with Crippen molar-refractivity contribution in [1.29, 1.82) is 0 Å². The molecule has 1 aliphatic heterocycles. The number of ether oxygens (including phenoxy) is 1. The molecule has 1 aliphatic rings. The van der Waals surface area contributed by atoms with Gasteiger partial charge in [0.15, 0.2) is 0 Å². The summed E-state index contributed by atoms with van der Waals surface area (Å²) in [6.07, 6.45) is 1.66. The quantitative estimate of drug-likeness (QED) is 0.755. The van der Waals surface area contributed by atoms with E-state index in [4.69, 9.17) is 5.11 Å². The van der Waals surface area contributed by atoms with Crippen molar-refractivity contribution in [3.63, 3.8) is 0 Å². The van der Waals surface area contributed by atoms with Gasteiger partial charge in [-0.05, 0) is 12.0 Å². The van der Waals surface area contributed by atoms with E-state index in [9.17, 15) is 9.59 Å². The fourth-order valence-corrected chi connectivity index (χ4v) is 1.69. The average molecular weight is 237 g/mol. The van der Waals surface area contributed by atoms with Gasteiger partial charge in [-0.3, -0.25) is 0 Å². The Morgan fingerprint density at radius 2 is 2.29 bits per heavy atom. The number of fused-ring (bicyclic) bond motifs is 1. The van der Waals surface area contributed by atoms with Gasteiger partial charge in [0.1, 0.15) is 0 Å². The first-order valence-electron chi connectivity index (χ1n) is 5.03. The molecule has 0 saturated carbocycles. The van der Waals surface area contributed by atoms with Crippen LogP contribution < -0.4 is 0 Å². The summed E-state index contributed by atoms with van der Waals surface area (Å²) in [4.78, 5) is 31.2. The molecule has 0 aromatic carbocycles. The predicted molar refractivity (Wildman–Crippen MR) is 55.5 cm³/mol. The standard InChI is InChI=1S/C10H11N3O4/c1-17-10(16)13-3-2-6-4-11-8(9(14)15)12-7(6)5-13/h4H,2-3,5H2,1H3,(H,14,15). The van der Waals surface area contributed by atoms with Gasteiger partial charge in [0.2, 0.25) is 5.82 Å². The van der Waals surface area contributed by atoms with Crippen LogP contribution in [-0.4, -0.2) is 45.7 Å². The minimum absolute atomic E-state index is 0.254. The first-order valence-corrected chi connectivity index (χ1v) is 5.03. The zero-order valence-corrected chi connectivity index (χ0v) is 9.21. The highest BCUT2D eigenvalue weighted by Gasteiger charge is 2.23. The Bertz CT molecular complexity index is 475. The number of amides is 1. The van der Waals surface area contributed by atoms with Crippen LogP contribution in [0.3, 0.4) is 0 Å². The third kappa shape index (κ3) is 2.17. The van der Waals surface area contributed by atoms with Crippen molar-refractivity contribution in [2.45, 2.75) is 13.0 Å². The Hall–Kier alpha value is -2.18. The molecule has 0 bridgehead atoms. The van der Waals surface area contributed by atoms with Crippen LogP contribution in [0, 0.1) is 0 Å². The van der Waals surface area contributed by atoms with Crippen LogP contribution in [0.1, 0.15) is 21.9 Å². The van der Waals surface area contributed by atoms with Crippen LogP contribution >= 0.6 is 0 Å². The van der Waals surface area contributed by atoms with Gasteiger partial charge in [-0.2, -0.15) is 0 Å². The molecule has 0 atom stereocenters. The maximum absolute atomic E-state index is 11.3. The number of carbonyl (C=O) groups excluding carboxylic acids is 1. The van der Waals surface area contributed by atoms with Gasteiger partial charge in [-0.25, -0.2) is 19.6 Å². The van der Waals surface area contributed by atoms with E-state index in [1.165, 1.54) is 18.2 Å². The van der Waals surface area contributed by atoms with Crippen molar-refractivity contribution in [1.82, 2.24) is 14.9 Å². The molecular formula is C10H11N3O4. The fraction of sp³-hybridized carbons (Fsp3) is 0.400. The summed E-state index contributed by atoms with van der Waals surface area (Å²) in [6, 6.07) is 0. The van der Waals surface area contributed by atoms with Gasteiger partial charge in [-0.15, -0.1) is 0 Å². The third-order valence-corrected chi connectivity index (χ3v) is 2.57. The van der Waals surface area contributed by atoms with E-state index in [2.05, 4.69) is 14.7 Å². The molecule has 1 amide bonds. The van der Waals surface area contributed by atoms with Crippen molar-refractivity contribution in [3.05, 3.63) is 23.3 Å². The summed E-state index contributed by atoms with van der Waals surface area (Å²) in [5, 5.41) is 8.78. The van der Waals surface area contributed by atoms with Gasteiger partial charge >= 0.3 is 12.1 Å². The van der Waals surface area contributed by atoms with Crippen molar-refractivity contribution >= 4 is 12.1 Å². The molecular weight excluding hydrogens is 226 g/mol. The molecule has 0 radical (unpaired) electrons. The maximum atomic E-state index is 11.3. The second-order valence-electron chi connectivity index (χ2n) is 3.61.